The lowest BCUT2D eigenvalue weighted by Crippen LogP contribution is -2.36. The summed E-state index contributed by atoms with van der Waals surface area (Å²) in [5.41, 5.74) is 2.06. The van der Waals surface area contributed by atoms with Gasteiger partial charge in [0.1, 0.15) is 18.6 Å². The summed E-state index contributed by atoms with van der Waals surface area (Å²) in [5, 5.41) is 22.4. The molecular weight excluding hydrogens is 555 g/mol. The maximum absolute atomic E-state index is 14.1. The minimum Gasteiger partial charge on any atom is -0.488 e. The molecule has 220 valence electrons. The first-order valence-electron chi connectivity index (χ1n) is 13.9. The van der Waals surface area contributed by atoms with E-state index in [0.29, 0.717) is 36.8 Å². The van der Waals surface area contributed by atoms with Crippen LogP contribution in [0.1, 0.15) is 60.6 Å². The third-order valence-electron chi connectivity index (χ3n) is 7.98. The standard InChI is InChI=1S/C30H34F3N3O4S/c1-19-16-21(27(37)35-12-3-2-4-13-35)8-9-22(19)17-40-26-23(6-5-7-24(26)30(31,32)33)25-18-41-29(34-25)36-14-10-20(11-15-36)28(38)39/h5-9,16,18,20,27,37H,2-4,10-15,17H2,1H3,(H,38,39). The number of aryl methyl sites for hydroxylation is 1. The first kappa shape index (κ1) is 29.3. The lowest BCUT2D eigenvalue weighted by molar-refractivity contribution is -0.142. The topological polar surface area (TPSA) is 86.1 Å². The molecule has 2 aromatic carbocycles. The Balaban J connectivity index is 1.36. The van der Waals surface area contributed by atoms with Crippen LogP contribution < -0.4 is 9.64 Å². The largest absolute Gasteiger partial charge is 0.488 e. The van der Waals surface area contributed by atoms with Crippen LogP contribution in [0.25, 0.3) is 11.3 Å². The summed E-state index contributed by atoms with van der Waals surface area (Å²) >= 11 is 1.32. The van der Waals surface area contributed by atoms with E-state index in [1.807, 2.05) is 28.9 Å². The number of aromatic nitrogens is 1. The van der Waals surface area contributed by atoms with E-state index in [9.17, 15) is 28.2 Å². The highest BCUT2D eigenvalue weighted by molar-refractivity contribution is 7.14. The van der Waals surface area contributed by atoms with Crippen LogP contribution in [0.5, 0.6) is 5.75 Å². The highest BCUT2D eigenvalue weighted by Gasteiger charge is 2.36. The van der Waals surface area contributed by atoms with Crippen molar-refractivity contribution in [2.45, 2.75) is 58.0 Å². The summed E-state index contributed by atoms with van der Waals surface area (Å²) < 4.78 is 48.2. The van der Waals surface area contributed by atoms with Crippen LogP contribution in [0.15, 0.2) is 41.8 Å². The summed E-state index contributed by atoms with van der Waals surface area (Å²) in [6, 6.07) is 9.41. The lowest BCUT2D eigenvalue weighted by Gasteiger charge is -2.31. The summed E-state index contributed by atoms with van der Waals surface area (Å²) in [7, 11) is 0. The molecule has 41 heavy (non-hydrogen) atoms. The summed E-state index contributed by atoms with van der Waals surface area (Å²) in [6.07, 6.45) is -1.09. The molecule has 0 radical (unpaired) electrons. The van der Waals surface area contributed by atoms with Gasteiger partial charge in [0.05, 0.1) is 17.2 Å². The second-order valence-corrected chi connectivity index (χ2v) is 11.6. The van der Waals surface area contributed by atoms with Crippen LogP contribution >= 0.6 is 11.3 Å². The van der Waals surface area contributed by atoms with Crippen molar-refractivity contribution < 1.29 is 32.9 Å². The quantitative estimate of drug-likeness (QED) is 0.311. The van der Waals surface area contributed by atoms with Gasteiger partial charge in [0.25, 0.3) is 0 Å². The summed E-state index contributed by atoms with van der Waals surface area (Å²) in [4.78, 5) is 19.9. The zero-order valence-corrected chi connectivity index (χ0v) is 23.7. The van der Waals surface area contributed by atoms with Crippen LogP contribution in [0, 0.1) is 12.8 Å². The first-order chi connectivity index (χ1) is 19.6. The van der Waals surface area contributed by atoms with Crippen LogP contribution in [-0.4, -0.2) is 52.2 Å². The maximum atomic E-state index is 14.1. The van der Waals surface area contributed by atoms with Crippen molar-refractivity contribution in [3.8, 4) is 17.0 Å². The number of carboxylic acids is 1. The smallest absolute Gasteiger partial charge is 0.419 e. The molecule has 0 bridgehead atoms. The van der Waals surface area contributed by atoms with Gasteiger partial charge in [0.15, 0.2) is 5.13 Å². The van der Waals surface area contributed by atoms with E-state index in [2.05, 4.69) is 4.98 Å². The molecule has 0 spiro atoms. The number of aliphatic carboxylic acids is 1. The number of nitrogens with zero attached hydrogens (tertiary/aromatic N) is 3. The third kappa shape index (κ3) is 6.68. The Morgan fingerprint density at radius 2 is 1.85 bits per heavy atom. The number of carbonyl (C=O) groups is 1. The molecule has 0 amide bonds. The molecule has 2 aliphatic rings. The Kier molecular flexibility index (Phi) is 8.86. The molecule has 2 N–H and O–H groups in total. The molecule has 5 rings (SSSR count). The van der Waals surface area contributed by atoms with Gasteiger partial charge in [-0.15, -0.1) is 11.3 Å². The van der Waals surface area contributed by atoms with Crippen LogP contribution in [0.3, 0.4) is 0 Å². The molecule has 1 aromatic heterocycles. The normalized spacial score (nSPS) is 17.9. The number of hydrogen-bond donors (Lipinski definition) is 2. The highest BCUT2D eigenvalue weighted by Crippen LogP contribution is 2.43. The van der Waals surface area contributed by atoms with Gasteiger partial charge < -0.3 is 19.8 Å². The van der Waals surface area contributed by atoms with Crippen LogP contribution in [-0.2, 0) is 17.6 Å². The second-order valence-electron chi connectivity index (χ2n) is 10.7. The highest BCUT2D eigenvalue weighted by atomic mass is 32.1. The summed E-state index contributed by atoms with van der Waals surface area (Å²) in [5.74, 6) is -1.48. The van der Waals surface area contributed by atoms with Crippen molar-refractivity contribution in [3.05, 3.63) is 64.0 Å². The number of halogens is 3. The number of aliphatic hydroxyl groups excluding tert-OH is 1. The van der Waals surface area contributed by atoms with Gasteiger partial charge in [0.2, 0.25) is 0 Å². The Morgan fingerprint density at radius 3 is 2.51 bits per heavy atom. The molecule has 1 atom stereocenters. The van der Waals surface area contributed by atoms with E-state index in [1.54, 1.807) is 17.5 Å². The van der Waals surface area contributed by atoms with Crippen molar-refractivity contribution in [1.29, 1.82) is 0 Å². The zero-order valence-electron chi connectivity index (χ0n) is 22.9. The number of benzene rings is 2. The molecular formula is C30H34F3N3O4S. The Labute approximate surface area is 241 Å². The predicted octanol–water partition coefficient (Wildman–Crippen LogP) is 6.49. The number of ether oxygens (including phenoxy) is 1. The molecule has 2 saturated heterocycles. The van der Waals surface area contributed by atoms with Crippen molar-refractivity contribution in [3.63, 3.8) is 0 Å². The van der Waals surface area contributed by atoms with Crippen LogP contribution in [0.4, 0.5) is 18.3 Å². The Bertz CT molecular complexity index is 1370. The molecule has 2 aliphatic heterocycles. The Hall–Kier alpha value is -3.15. The van der Waals surface area contributed by atoms with E-state index in [0.717, 1.165) is 55.1 Å². The molecule has 0 aliphatic carbocycles. The molecule has 3 aromatic rings. The lowest BCUT2D eigenvalue weighted by atomic mass is 9.97. The average molecular weight is 590 g/mol. The van der Waals surface area contributed by atoms with Crippen molar-refractivity contribution >= 4 is 22.4 Å². The molecule has 3 heterocycles. The van der Waals surface area contributed by atoms with Crippen LogP contribution in [0.2, 0.25) is 0 Å². The minimum absolute atomic E-state index is 0.0777. The minimum atomic E-state index is -4.62. The monoisotopic (exact) mass is 589 g/mol. The molecule has 1 unspecified atom stereocenters. The van der Waals surface area contributed by atoms with Crippen molar-refractivity contribution in [2.75, 3.05) is 31.1 Å². The van der Waals surface area contributed by atoms with E-state index >= 15 is 0 Å². The third-order valence-corrected chi connectivity index (χ3v) is 8.88. The number of para-hydroxylation sites is 1. The fourth-order valence-corrected chi connectivity index (χ4v) is 6.41. The molecule has 0 saturated carbocycles. The molecule has 2 fully saturated rings. The number of thiazole rings is 1. The molecule has 11 heteroatoms. The first-order valence-corrected chi connectivity index (χ1v) is 14.8. The van der Waals surface area contributed by atoms with Crippen molar-refractivity contribution in [2.24, 2.45) is 5.92 Å². The van der Waals surface area contributed by atoms with Crippen molar-refractivity contribution in [1.82, 2.24) is 9.88 Å². The maximum Gasteiger partial charge on any atom is 0.419 e. The number of aliphatic hydroxyl groups is 1. The SMILES string of the molecule is Cc1cc(C(O)N2CCCCC2)ccc1COc1c(-c2csc(N3CCC(C(=O)O)CC3)n2)cccc1C(F)(F)F. The van der Waals surface area contributed by atoms with Gasteiger partial charge in [-0.3, -0.25) is 9.69 Å². The van der Waals surface area contributed by atoms with Gasteiger partial charge in [0, 0.05) is 37.1 Å². The summed E-state index contributed by atoms with van der Waals surface area (Å²) in [6.45, 7) is 4.50. The zero-order chi connectivity index (χ0) is 29.1. The fraction of sp³-hybridized carbons (Fsp3) is 0.467. The number of likely N-dealkylation sites (tertiary alicyclic amines) is 1. The van der Waals surface area contributed by atoms with Gasteiger partial charge in [-0.05, 0) is 61.4 Å². The molecule has 7 nitrogen and oxygen atoms in total. The van der Waals surface area contributed by atoms with E-state index in [-0.39, 0.29) is 23.8 Å². The number of alkyl halides is 3. The number of anilines is 1. The van der Waals surface area contributed by atoms with E-state index < -0.39 is 23.9 Å². The number of hydrogen-bond acceptors (Lipinski definition) is 7. The Morgan fingerprint density at radius 1 is 1.12 bits per heavy atom. The second kappa shape index (κ2) is 12.4. The van der Waals surface area contributed by atoms with Gasteiger partial charge >= 0.3 is 12.1 Å². The number of carboxylic acid groups (broad SMARTS) is 1. The number of rotatable bonds is 8. The van der Waals surface area contributed by atoms with E-state index in [1.165, 1.54) is 17.4 Å². The van der Waals surface area contributed by atoms with Gasteiger partial charge in [-0.1, -0.05) is 30.7 Å². The number of piperidine rings is 2. The van der Waals surface area contributed by atoms with E-state index in [4.69, 9.17) is 4.74 Å². The van der Waals surface area contributed by atoms with Gasteiger partial charge in [-0.2, -0.15) is 13.2 Å². The fourth-order valence-electron chi connectivity index (χ4n) is 5.53. The predicted molar refractivity (Wildman–Crippen MR) is 151 cm³/mol. The van der Waals surface area contributed by atoms with Gasteiger partial charge in [-0.25, -0.2) is 4.98 Å². The average Bonchev–Trinajstić information content (AvgIpc) is 3.46.